The largest absolute Gasteiger partial charge is 0.334 e. The van der Waals surface area contributed by atoms with Crippen LogP contribution in [-0.2, 0) is 16.2 Å². The van der Waals surface area contributed by atoms with E-state index in [1.165, 1.54) is 162 Å². The number of hydrogen-bond donors (Lipinski definition) is 0. The summed E-state index contributed by atoms with van der Waals surface area (Å²) in [6.45, 7) is 15.1. The number of para-hydroxylation sites is 2. The molecule has 390 valence electrons. The van der Waals surface area contributed by atoms with Crippen LogP contribution in [0.3, 0.4) is 0 Å². The summed E-state index contributed by atoms with van der Waals surface area (Å²) in [5.41, 5.74) is 20.7. The maximum atomic E-state index is 2.71. The lowest BCUT2D eigenvalue weighted by Gasteiger charge is -2.52. The Bertz CT molecular complexity index is 3990. The van der Waals surface area contributed by atoms with Gasteiger partial charge in [0.2, 0.25) is 0 Å². The standard InChI is InChI=1S/C77H72N2/c1-7-51-41-43-75(5)73(3,49-51)67-47-55(35-39-69(67)78(75)59-27-17-11-18-28-59)53-33-37-63-65(45-53)61-31-21-22-32-62(61)71-64-38-34-54(46-66(64)77(72(63)71,57-23-13-9-14-24-57)58-25-15-10-16-26-58)56-36-40-70-68(48-56)74(4)50-52(8-2)42-44-76(74,6)79(70)60-29-19-12-20-30-60/h9-40,45-48,51-52H,7-8,41-44,49-50H2,1-6H3. The van der Waals surface area contributed by atoms with Crippen molar-refractivity contribution in [2.45, 2.75) is 120 Å². The molecule has 10 aromatic carbocycles. The summed E-state index contributed by atoms with van der Waals surface area (Å²) in [4.78, 5) is 5.43. The van der Waals surface area contributed by atoms with Crippen LogP contribution < -0.4 is 9.80 Å². The Morgan fingerprint density at radius 3 is 1.30 bits per heavy atom. The van der Waals surface area contributed by atoms with Crippen LogP contribution >= 0.6 is 0 Å². The van der Waals surface area contributed by atoms with Crippen molar-refractivity contribution >= 4 is 44.3 Å². The molecule has 0 bridgehead atoms. The van der Waals surface area contributed by atoms with Gasteiger partial charge in [-0.3, -0.25) is 0 Å². The topological polar surface area (TPSA) is 6.48 Å². The van der Waals surface area contributed by atoms with E-state index in [0.717, 1.165) is 5.92 Å². The first-order valence-corrected chi connectivity index (χ1v) is 29.8. The fourth-order valence-electron chi connectivity index (χ4n) is 17.3. The van der Waals surface area contributed by atoms with Crippen LogP contribution in [0, 0.1) is 11.8 Å². The number of anilines is 4. The first-order chi connectivity index (χ1) is 38.5. The summed E-state index contributed by atoms with van der Waals surface area (Å²) in [7, 11) is 0. The zero-order chi connectivity index (χ0) is 53.5. The molecular weight excluding hydrogens is 953 g/mol. The number of rotatable bonds is 8. The van der Waals surface area contributed by atoms with Gasteiger partial charge in [0.25, 0.3) is 0 Å². The predicted molar refractivity (Wildman–Crippen MR) is 334 cm³/mol. The summed E-state index contributed by atoms with van der Waals surface area (Å²) in [5.74, 6) is 1.43. The molecule has 0 N–H and O–H groups in total. The van der Waals surface area contributed by atoms with E-state index in [2.05, 4.69) is 270 Å². The molecule has 0 amide bonds. The molecule has 0 aromatic heterocycles. The van der Waals surface area contributed by atoms with E-state index >= 15 is 0 Å². The second-order valence-corrected chi connectivity index (χ2v) is 25.4. The van der Waals surface area contributed by atoms with Crippen molar-refractivity contribution in [3.8, 4) is 33.4 Å². The average molecular weight is 1030 g/mol. The lowest BCUT2D eigenvalue weighted by molar-refractivity contribution is 0.143. The van der Waals surface area contributed by atoms with Gasteiger partial charge in [-0.2, -0.15) is 0 Å². The second-order valence-electron chi connectivity index (χ2n) is 25.4. The van der Waals surface area contributed by atoms with Gasteiger partial charge in [0, 0.05) is 33.6 Å². The van der Waals surface area contributed by atoms with Crippen LogP contribution in [0.15, 0.2) is 218 Å². The highest BCUT2D eigenvalue weighted by Crippen LogP contribution is 2.66. The Morgan fingerprint density at radius 1 is 0.392 bits per heavy atom. The first kappa shape index (κ1) is 48.4. The Morgan fingerprint density at radius 2 is 0.810 bits per heavy atom. The van der Waals surface area contributed by atoms with Gasteiger partial charge < -0.3 is 9.80 Å². The smallest absolute Gasteiger partial charge is 0.0720 e. The molecule has 6 atom stereocenters. The maximum Gasteiger partial charge on any atom is 0.0720 e. The van der Waals surface area contributed by atoms with Gasteiger partial charge in [-0.1, -0.05) is 198 Å². The van der Waals surface area contributed by atoms with Gasteiger partial charge >= 0.3 is 0 Å². The van der Waals surface area contributed by atoms with Gasteiger partial charge in [-0.05, 0) is 213 Å². The molecule has 2 fully saturated rings. The number of benzene rings is 10. The van der Waals surface area contributed by atoms with Crippen LogP contribution in [0.4, 0.5) is 22.7 Å². The van der Waals surface area contributed by atoms with Crippen molar-refractivity contribution in [3.63, 3.8) is 0 Å². The highest BCUT2D eigenvalue weighted by atomic mass is 15.3. The quantitative estimate of drug-likeness (QED) is 0.140. The van der Waals surface area contributed by atoms with Gasteiger partial charge in [-0.15, -0.1) is 0 Å². The molecule has 2 nitrogen and oxygen atoms in total. The molecule has 2 heterocycles. The van der Waals surface area contributed by atoms with Crippen molar-refractivity contribution in [2.75, 3.05) is 9.80 Å². The molecule has 0 spiro atoms. The SMILES string of the molecule is CCC1CCC2(C)N(c3ccccc3)c3ccc(-c4ccc5c(c4)C(c4ccccc4)(c4ccccc4)c4c-5c5ccccc5c5cc(-c6ccc7c(c6)C6(C)CC(CC)CCC6(C)N7c6ccccc6)ccc45)cc3C2(C)C1. The highest BCUT2D eigenvalue weighted by molar-refractivity contribution is 6.20. The van der Waals surface area contributed by atoms with Crippen LogP contribution in [-0.4, -0.2) is 11.1 Å². The predicted octanol–water partition coefficient (Wildman–Crippen LogP) is 20.4. The second kappa shape index (κ2) is 17.7. The molecule has 79 heavy (non-hydrogen) atoms. The first-order valence-electron chi connectivity index (χ1n) is 29.8. The molecule has 2 saturated carbocycles. The summed E-state index contributed by atoms with van der Waals surface area (Å²) in [5, 5.41) is 5.22. The fraction of sp³-hybridized carbons (Fsp3) is 0.273. The third kappa shape index (κ3) is 6.58. The Kier molecular flexibility index (Phi) is 10.8. The van der Waals surface area contributed by atoms with E-state index in [1.54, 1.807) is 0 Å². The molecule has 0 radical (unpaired) electrons. The summed E-state index contributed by atoms with van der Waals surface area (Å²) in [6.07, 6.45) is 9.76. The fourth-order valence-corrected chi connectivity index (χ4v) is 17.3. The molecular formula is C77H72N2. The zero-order valence-corrected chi connectivity index (χ0v) is 47.0. The van der Waals surface area contributed by atoms with Gasteiger partial charge in [0.05, 0.1) is 16.5 Å². The highest BCUT2D eigenvalue weighted by Gasteiger charge is 2.61. The van der Waals surface area contributed by atoms with Gasteiger partial charge in [0.15, 0.2) is 0 Å². The summed E-state index contributed by atoms with van der Waals surface area (Å²) in [6, 6.07) is 84.6. The Balaban J connectivity index is 0.940. The van der Waals surface area contributed by atoms with Crippen molar-refractivity contribution in [3.05, 3.63) is 252 Å². The van der Waals surface area contributed by atoms with Crippen molar-refractivity contribution < 1.29 is 0 Å². The van der Waals surface area contributed by atoms with Crippen LogP contribution in [0.25, 0.3) is 54.9 Å². The normalized spacial score (nSPS) is 25.1. The third-order valence-corrected chi connectivity index (χ3v) is 21.9. The van der Waals surface area contributed by atoms with E-state index in [4.69, 9.17) is 0 Å². The minimum Gasteiger partial charge on any atom is -0.334 e. The summed E-state index contributed by atoms with van der Waals surface area (Å²) < 4.78 is 0. The number of hydrogen-bond acceptors (Lipinski definition) is 2. The zero-order valence-electron chi connectivity index (χ0n) is 47.0. The lowest BCUT2D eigenvalue weighted by atomic mass is 9.58. The molecule has 0 saturated heterocycles. The molecule has 15 rings (SSSR count). The third-order valence-electron chi connectivity index (χ3n) is 21.9. The number of fused-ring (bicyclic) bond motifs is 14. The van der Waals surface area contributed by atoms with E-state index in [9.17, 15) is 0 Å². The minimum atomic E-state index is -0.611. The molecule has 2 heteroatoms. The van der Waals surface area contributed by atoms with Crippen molar-refractivity contribution in [1.82, 2.24) is 0 Å². The molecule has 10 aromatic rings. The van der Waals surface area contributed by atoms with Crippen LogP contribution in [0.2, 0.25) is 0 Å². The Hall–Kier alpha value is -7.68. The lowest BCUT2D eigenvalue weighted by Crippen LogP contribution is -2.56. The maximum absolute atomic E-state index is 2.71. The molecule has 6 unspecified atom stereocenters. The molecule has 5 aliphatic rings. The van der Waals surface area contributed by atoms with Crippen LogP contribution in [0.1, 0.15) is 126 Å². The van der Waals surface area contributed by atoms with E-state index in [-0.39, 0.29) is 21.9 Å². The van der Waals surface area contributed by atoms with Crippen molar-refractivity contribution in [2.24, 2.45) is 11.8 Å². The van der Waals surface area contributed by atoms with Gasteiger partial charge in [-0.25, -0.2) is 0 Å². The van der Waals surface area contributed by atoms with E-state index in [1.807, 2.05) is 0 Å². The summed E-state index contributed by atoms with van der Waals surface area (Å²) >= 11 is 0. The minimum absolute atomic E-state index is 0.00191. The van der Waals surface area contributed by atoms with E-state index in [0.29, 0.717) is 5.92 Å². The molecule has 2 aliphatic heterocycles. The van der Waals surface area contributed by atoms with Gasteiger partial charge in [0.1, 0.15) is 0 Å². The number of nitrogens with zero attached hydrogens (tertiary/aromatic N) is 2. The monoisotopic (exact) mass is 1020 g/mol. The molecule has 3 aliphatic carbocycles. The van der Waals surface area contributed by atoms with Crippen molar-refractivity contribution in [1.29, 1.82) is 0 Å². The average Bonchev–Trinajstić information content (AvgIpc) is 3.61. The van der Waals surface area contributed by atoms with Crippen LogP contribution in [0.5, 0.6) is 0 Å². The van der Waals surface area contributed by atoms with E-state index < -0.39 is 5.41 Å². The Labute approximate surface area is 468 Å².